The molecule has 6 nitrogen and oxygen atoms in total. The Kier molecular flexibility index (Phi) is 4.71. The monoisotopic (exact) mass is 290 g/mol. The zero-order chi connectivity index (χ0) is 14.6. The molecule has 1 rings (SSSR count). The molecule has 0 aliphatic carbocycles. The summed E-state index contributed by atoms with van der Waals surface area (Å²) >= 11 is 0. The van der Waals surface area contributed by atoms with E-state index in [0.29, 0.717) is 0 Å². The summed E-state index contributed by atoms with van der Waals surface area (Å²) in [5.41, 5.74) is 5.47. The van der Waals surface area contributed by atoms with Gasteiger partial charge in [-0.2, -0.15) is 0 Å². The molecule has 3 N–H and O–H groups in total. The molecule has 0 saturated carbocycles. The standard InChI is InChI=1S/C11H15FN2O4S/c1-18-11(15)7-5-10(8(12)6-9(7)13)14-3-4-19(2,16)17/h5-6,14H,3-4,13H2,1-2H3. The van der Waals surface area contributed by atoms with Crippen LogP contribution < -0.4 is 11.1 Å². The van der Waals surface area contributed by atoms with Gasteiger partial charge in [0.25, 0.3) is 0 Å². The number of sulfone groups is 1. The van der Waals surface area contributed by atoms with Crippen LogP contribution in [0.5, 0.6) is 0 Å². The Morgan fingerprint density at radius 2 is 2.11 bits per heavy atom. The van der Waals surface area contributed by atoms with Crippen LogP contribution >= 0.6 is 0 Å². The molecule has 0 radical (unpaired) electrons. The third kappa shape index (κ3) is 4.40. The SMILES string of the molecule is COC(=O)c1cc(NCCS(C)(=O)=O)c(F)cc1N. The maximum Gasteiger partial charge on any atom is 0.340 e. The first-order chi connectivity index (χ1) is 8.74. The summed E-state index contributed by atoms with van der Waals surface area (Å²) < 4.78 is 40.0. The molecule has 0 spiro atoms. The van der Waals surface area contributed by atoms with Crippen LogP contribution in [0.4, 0.5) is 15.8 Å². The quantitative estimate of drug-likeness (QED) is 0.610. The second-order valence-corrected chi connectivity index (χ2v) is 6.23. The average Bonchev–Trinajstić information content (AvgIpc) is 2.29. The van der Waals surface area contributed by atoms with Gasteiger partial charge in [-0.15, -0.1) is 0 Å². The molecular formula is C11H15FN2O4S. The average molecular weight is 290 g/mol. The summed E-state index contributed by atoms with van der Waals surface area (Å²) in [5, 5.41) is 2.60. The zero-order valence-electron chi connectivity index (χ0n) is 10.6. The maximum absolute atomic E-state index is 13.6. The molecule has 0 unspecified atom stereocenters. The lowest BCUT2D eigenvalue weighted by atomic mass is 10.1. The molecular weight excluding hydrogens is 275 g/mol. The van der Waals surface area contributed by atoms with Crippen molar-refractivity contribution in [1.82, 2.24) is 0 Å². The van der Waals surface area contributed by atoms with Crippen LogP contribution in [-0.4, -0.2) is 40.1 Å². The van der Waals surface area contributed by atoms with Crippen LogP contribution in [0.15, 0.2) is 12.1 Å². The Labute approximate surface area is 110 Å². The van der Waals surface area contributed by atoms with Gasteiger partial charge in [0.15, 0.2) is 0 Å². The van der Waals surface area contributed by atoms with Gasteiger partial charge in [0, 0.05) is 18.5 Å². The second kappa shape index (κ2) is 5.87. The summed E-state index contributed by atoms with van der Waals surface area (Å²) in [5.74, 6) is -1.51. The smallest absolute Gasteiger partial charge is 0.340 e. The fraction of sp³-hybridized carbons (Fsp3) is 0.364. The number of halogens is 1. The number of methoxy groups -OCH3 is 1. The molecule has 1 aromatic rings. The number of nitrogens with two attached hydrogens (primary N) is 1. The van der Waals surface area contributed by atoms with Crippen LogP contribution in [0.25, 0.3) is 0 Å². The van der Waals surface area contributed by atoms with Gasteiger partial charge < -0.3 is 15.8 Å². The van der Waals surface area contributed by atoms with Gasteiger partial charge in [-0.25, -0.2) is 17.6 Å². The van der Waals surface area contributed by atoms with Crippen molar-refractivity contribution in [2.75, 3.05) is 36.7 Å². The summed E-state index contributed by atoms with van der Waals surface area (Å²) in [6, 6.07) is 2.17. The highest BCUT2D eigenvalue weighted by Gasteiger charge is 2.14. The van der Waals surface area contributed by atoms with Gasteiger partial charge in [0.1, 0.15) is 15.7 Å². The molecule has 1 aromatic carbocycles. The lowest BCUT2D eigenvalue weighted by Crippen LogP contribution is -2.16. The van der Waals surface area contributed by atoms with Crippen LogP contribution in [0.3, 0.4) is 0 Å². The van der Waals surface area contributed by atoms with Crippen molar-refractivity contribution in [2.45, 2.75) is 0 Å². The first-order valence-electron chi connectivity index (χ1n) is 5.33. The zero-order valence-corrected chi connectivity index (χ0v) is 11.4. The molecule has 0 amide bonds. The van der Waals surface area contributed by atoms with Crippen molar-refractivity contribution in [3.63, 3.8) is 0 Å². The minimum atomic E-state index is -3.15. The number of nitrogen functional groups attached to an aromatic ring is 1. The molecule has 0 aromatic heterocycles. The third-order valence-electron chi connectivity index (χ3n) is 2.33. The van der Waals surface area contributed by atoms with Crippen molar-refractivity contribution in [3.05, 3.63) is 23.5 Å². The van der Waals surface area contributed by atoms with E-state index >= 15 is 0 Å². The lowest BCUT2D eigenvalue weighted by molar-refractivity contribution is 0.0602. The molecule has 0 saturated heterocycles. The van der Waals surface area contributed by atoms with Crippen molar-refractivity contribution in [1.29, 1.82) is 0 Å². The number of ether oxygens (including phenoxy) is 1. The number of anilines is 2. The lowest BCUT2D eigenvalue weighted by Gasteiger charge is -2.10. The Balaban J connectivity index is 2.92. The van der Waals surface area contributed by atoms with E-state index in [1.807, 2.05) is 0 Å². The summed E-state index contributed by atoms with van der Waals surface area (Å²) in [6.07, 6.45) is 1.08. The Bertz CT molecular complexity index is 587. The summed E-state index contributed by atoms with van der Waals surface area (Å²) in [7, 11) is -1.97. The minimum absolute atomic E-state index is 0.00162. The van der Waals surface area contributed by atoms with E-state index < -0.39 is 21.6 Å². The number of hydrogen-bond acceptors (Lipinski definition) is 6. The van der Waals surface area contributed by atoms with E-state index in [9.17, 15) is 17.6 Å². The van der Waals surface area contributed by atoms with E-state index in [1.54, 1.807) is 0 Å². The minimum Gasteiger partial charge on any atom is -0.465 e. The number of esters is 1. The molecule has 0 heterocycles. The van der Waals surface area contributed by atoms with Crippen LogP contribution in [0, 0.1) is 5.82 Å². The van der Waals surface area contributed by atoms with Crippen molar-refractivity contribution >= 4 is 27.2 Å². The Morgan fingerprint density at radius 3 is 2.63 bits per heavy atom. The van der Waals surface area contributed by atoms with Crippen molar-refractivity contribution < 1.29 is 22.3 Å². The molecule has 0 aliphatic rings. The second-order valence-electron chi connectivity index (χ2n) is 3.97. The van der Waals surface area contributed by atoms with Crippen LogP contribution in [-0.2, 0) is 14.6 Å². The van der Waals surface area contributed by atoms with E-state index in [4.69, 9.17) is 5.73 Å². The highest BCUT2D eigenvalue weighted by molar-refractivity contribution is 7.90. The molecule has 106 valence electrons. The molecule has 0 aliphatic heterocycles. The summed E-state index contributed by atoms with van der Waals surface area (Å²) in [6.45, 7) is 0.0281. The number of nitrogens with one attached hydrogen (secondary N) is 1. The van der Waals surface area contributed by atoms with Crippen molar-refractivity contribution in [2.24, 2.45) is 0 Å². The van der Waals surface area contributed by atoms with Crippen LogP contribution in [0.1, 0.15) is 10.4 Å². The van der Waals surface area contributed by atoms with E-state index in [-0.39, 0.29) is 29.2 Å². The molecule has 0 bridgehead atoms. The predicted molar refractivity (Wildman–Crippen MR) is 70.4 cm³/mol. The fourth-order valence-corrected chi connectivity index (χ4v) is 1.85. The summed E-state index contributed by atoms with van der Waals surface area (Å²) in [4.78, 5) is 11.4. The molecule has 0 atom stereocenters. The third-order valence-corrected chi connectivity index (χ3v) is 3.28. The first kappa shape index (κ1) is 15.2. The Hall–Kier alpha value is -1.83. The van der Waals surface area contributed by atoms with Gasteiger partial charge in [-0.1, -0.05) is 0 Å². The normalized spacial score (nSPS) is 11.1. The number of hydrogen-bond donors (Lipinski definition) is 2. The van der Waals surface area contributed by atoms with Gasteiger partial charge in [0.05, 0.1) is 24.1 Å². The predicted octanol–water partition coefficient (Wildman–Crippen LogP) is 0.651. The maximum atomic E-state index is 13.6. The van der Waals surface area contributed by atoms with Crippen LogP contribution in [0.2, 0.25) is 0 Å². The molecule has 8 heteroatoms. The largest absolute Gasteiger partial charge is 0.465 e. The first-order valence-corrected chi connectivity index (χ1v) is 7.39. The highest BCUT2D eigenvalue weighted by atomic mass is 32.2. The number of carbonyl (C=O) groups is 1. The Morgan fingerprint density at radius 1 is 1.47 bits per heavy atom. The van der Waals surface area contributed by atoms with Crippen molar-refractivity contribution in [3.8, 4) is 0 Å². The van der Waals surface area contributed by atoms with Gasteiger partial charge in [-0.05, 0) is 12.1 Å². The highest BCUT2D eigenvalue weighted by Crippen LogP contribution is 2.22. The van der Waals surface area contributed by atoms with E-state index in [2.05, 4.69) is 10.1 Å². The van der Waals surface area contributed by atoms with Gasteiger partial charge in [0.2, 0.25) is 0 Å². The number of benzene rings is 1. The molecule has 19 heavy (non-hydrogen) atoms. The van der Waals surface area contributed by atoms with E-state index in [0.717, 1.165) is 12.3 Å². The number of carbonyl (C=O) groups excluding carboxylic acids is 1. The molecule has 0 fully saturated rings. The fourth-order valence-electron chi connectivity index (χ4n) is 1.38. The van der Waals surface area contributed by atoms with Gasteiger partial charge in [-0.3, -0.25) is 0 Å². The van der Waals surface area contributed by atoms with Gasteiger partial charge >= 0.3 is 5.97 Å². The number of rotatable bonds is 5. The topological polar surface area (TPSA) is 98.5 Å². The van der Waals surface area contributed by atoms with E-state index in [1.165, 1.54) is 13.2 Å².